The number of nitrogens with one attached hydrogen (secondary N) is 1. The molecule has 1 amide bonds. The highest BCUT2D eigenvalue weighted by molar-refractivity contribution is 5.68. The number of halogens is 4. The third-order valence-electron chi connectivity index (χ3n) is 3.42. The van der Waals surface area contributed by atoms with Crippen LogP contribution < -0.4 is 5.32 Å². The Labute approximate surface area is 141 Å². The van der Waals surface area contributed by atoms with E-state index in [2.05, 4.69) is 10.3 Å². The first kappa shape index (κ1) is 18.7. The maximum absolute atomic E-state index is 13.3. The second-order valence-corrected chi connectivity index (χ2v) is 5.11. The summed E-state index contributed by atoms with van der Waals surface area (Å²) >= 11 is 0. The molecule has 0 aliphatic heterocycles. The number of amides is 1. The lowest BCUT2D eigenvalue weighted by molar-refractivity contribution is -0.138. The van der Waals surface area contributed by atoms with Gasteiger partial charge in [0.2, 0.25) is 0 Å². The number of benzene rings is 1. The van der Waals surface area contributed by atoms with Crippen LogP contribution in [0.15, 0.2) is 42.6 Å². The third-order valence-corrected chi connectivity index (χ3v) is 3.42. The Morgan fingerprint density at radius 2 is 1.92 bits per heavy atom. The van der Waals surface area contributed by atoms with Crippen LogP contribution in [-0.4, -0.2) is 17.7 Å². The Balaban J connectivity index is 2.49. The Morgan fingerprint density at radius 1 is 1.24 bits per heavy atom. The molecule has 0 saturated carbocycles. The molecule has 2 rings (SSSR count). The number of carbonyl (C=O) groups excluding carboxylic acids is 1. The van der Waals surface area contributed by atoms with Gasteiger partial charge in [0.05, 0.1) is 17.9 Å². The first-order chi connectivity index (χ1) is 11.9. The molecular formula is C17H16F4N2O2. The minimum absolute atomic E-state index is 0.0632. The Kier molecular flexibility index (Phi) is 5.95. The number of alkyl carbamates (subject to hydrolysis) is 1. The standard InChI is InChI=1S/C17H16F4N2O2/c1-2-25-16(24)23-14(12-7-5-11(10-18)6-8-12)15-13(17(19,20)21)4-3-9-22-15/h3-9,14H,2,10H2,1H3,(H,23,24)/t14-/m0/s1. The van der Waals surface area contributed by atoms with Gasteiger partial charge in [-0.05, 0) is 30.2 Å². The van der Waals surface area contributed by atoms with Gasteiger partial charge in [-0.1, -0.05) is 24.3 Å². The highest BCUT2D eigenvalue weighted by Crippen LogP contribution is 2.35. The van der Waals surface area contributed by atoms with Crippen LogP contribution >= 0.6 is 0 Å². The van der Waals surface area contributed by atoms with E-state index in [1.165, 1.54) is 36.5 Å². The molecule has 1 atom stereocenters. The summed E-state index contributed by atoms with van der Waals surface area (Å²) in [5, 5.41) is 2.38. The molecular weight excluding hydrogens is 340 g/mol. The maximum atomic E-state index is 13.3. The Morgan fingerprint density at radius 3 is 2.48 bits per heavy atom. The molecule has 4 nitrogen and oxygen atoms in total. The van der Waals surface area contributed by atoms with Crippen LogP contribution in [0.4, 0.5) is 22.4 Å². The second kappa shape index (κ2) is 7.96. The van der Waals surface area contributed by atoms with Crippen LogP contribution in [0.3, 0.4) is 0 Å². The lowest BCUT2D eigenvalue weighted by Gasteiger charge is -2.22. The molecule has 1 aromatic heterocycles. The second-order valence-electron chi connectivity index (χ2n) is 5.11. The van der Waals surface area contributed by atoms with Gasteiger partial charge in [0, 0.05) is 6.20 Å². The van der Waals surface area contributed by atoms with E-state index in [4.69, 9.17) is 4.74 Å². The predicted molar refractivity (Wildman–Crippen MR) is 82.5 cm³/mol. The number of hydrogen-bond acceptors (Lipinski definition) is 3. The molecule has 0 bridgehead atoms. The molecule has 0 aliphatic rings. The van der Waals surface area contributed by atoms with Crippen molar-refractivity contribution in [3.05, 3.63) is 65.0 Å². The van der Waals surface area contributed by atoms with Gasteiger partial charge in [0.25, 0.3) is 0 Å². The van der Waals surface area contributed by atoms with Crippen molar-refractivity contribution in [1.82, 2.24) is 10.3 Å². The van der Waals surface area contributed by atoms with Crippen molar-refractivity contribution >= 4 is 6.09 Å². The van der Waals surface area contributed by atoms with Gasteiger partial charge in [-0.2, -0.15) is 13.2 Å². The zero-order valence-corrected chi connectivity index (χ0v) is 13.3. The van der Waals surface area contributed by atoms with Crippen molar-refractivity contribution in [2.75, 3.05) is 6.61 Å². The fourth-order valence-corrected chi connectivity index (χ4v) is 2.29. The molecule has 1 aromatic carbocycles. The van der Waals surface area contributed by atoms with Crippen LogP contribution in [-0.2, 0) is 17.6 Å². The van der Waals surface area contributed by atoms with E-state index in [9.17, 15) is 22.4 Å². The molecule has 25 heavy (non-hydrogen) atoms. The highest BCUT2D eigenvalue weighted by atomic mass is 19.4. The van der Waals surface area contributed by atoms with Crippen LogP contribution in [0, 0.1) is 0 Å². The number of ether oxygens (including phenoxy) is 1. The van der Waals surface area contributed by atoms with E-state index in [-0.39, 0.29) is 12.3 Å². The number of carbonyl (C=O) groups is 1. The summed E-state index contributed by atoms with van der Waals surface area (Å²) in [6.07, 6.45) is -4.31. The van der Waals surface area contributed by atoms with Crippen LogP contribution in [0.1, 0.15) is 35.3 Å². The fourth-order valence-electron chi connectivity index (χ4n) is 2.29. The summed E-state index contributed by atoms with van der Waals surface area (Å²) in [4.78, 5) is 15.6. The molecule has 0 unspecified atom stereocenters. The lowest BCUT2D eigenvalue weighted by atomic mass is 9.98. The van der Waals surface area contributed by atoms with E-state index in [1.807, 2.05) is 0 Å². The van der Waals surface area contributed by atoms with Crippen molar-refractivity contribution in [3.63, 3.8) is 0 Å². The first-order valence-electron chi connectivity index (χ1n) is 7.47. The molecule has 134 valence electrons. The smallest absolute Gasteiger partial charge is 0.418 e. The van der Waals surface area contributed by atoms with Crippen molar-refractivity contribution in [3.8, 4) is 0 Å². The van der Waals surface area contributed by atoms with Crippen LogP contribution in [0.5, 0.6) is 0 Å². The van der Waals surface area contributed by atoms with E-state index in [0.717, 1.165) is 6.07 Å². The molecule has 0 spiro atoms. The van der Waals surface area contributed by atoms with E-state index >= 15 is 0 Å². The summed E-state index contributed by atoms with van der Waals surface area (Å²) in [6, 6.07) is 6.63. The number of aromatic nitrogens is 1. The lowest BCUT2D eigenvalue weighted by Crippen LogP contribution is -2.32. The summed E-state index contributed by atoms with van der Waals surface area (Å²) in [6.45, 7) is 0.938. The monoisotopic (exact) mass is 356 g/mol. The zero-order valence-electron chi connectivity index (χ0n) is 13.3. The van der Waals surface area contributed by atoms with Gasteiger partial charge in [0.1, 0.15) is 12.7 Å². The first-order valence-corrected chi connectivity index (χ1v) is 7.47. The van der Waals surface area contributed by atoms with E-state index in [0.29, 0.717) is 11.1 Å². The summed E-state index contributed by atoms with van der Waals surface area (Å²) in [5.74, 6) is 0. The van der Waals surface area contributed by atoms with Crippen LogP contribution in [0.2, 0.25) is 0 Å². The predicted octanol–water partition coefficient (Wildman–Crippen LogP) is 4.41. The normalized spacial score (nSPS) is 12.5. The Hall–Kier alpha value is -2.64. The summed E-state index contributed by atoms with van der Waals surface area (Å²) in [7, 11) is 0. The highest BCUT2D eigenvalue weighted by Gasteiger charge is 2.37. The molecule has 2 aromatic rings. The summed E-state index contributed by atoms with van der Waals surface area (Å²) in [5.41, 5.74) is -0.632. The largest absolute Gasteiger partial charge is 0.450 e. The third kappa shape index (κ3) is 4.68. The van der Waals surface area contributed by atoms with Gasteiger partial charge in [-0.15, -0.1) is 0 Å². The Bertz CT molecular complexity index is 717. The van der Waals surface area contributed by atoms with Gasteiger partial charge in [-0.3, -0.25) is 4.98 Å². The minimum Gasteiger partial charge on any atom is -0.450 e. The zero-order chi connectivity index (χ0) is 18.4. The maximum Gasteiger partial charge on any atom is 0.418 e. The molecule has 1 heterocycles. The number of pyridine rings is 1. The van der Waals surface area contributed by atoms with E-state index < -0.39 is 30.5 Å². The fraction of sp³-hybridized carbons (Fsp3) is 0.294. The average molecular weight is 356 g/mol. The number of alkyl halides is 4. The minimum atomic E-state index is -4.64. The van der Waals surface area contributed by atoms with Gasteiger partial charge < -0.3 is 10.1 Å². The molecule has 0 radical (unpaired) electrons. The van der Waals surface area contributed by atoms with Crippen molar-refractivity contribution in [2.45, 2.75) is 25.8 Å². The molecule has 0 saturated heterocycles. The van der Waals surface area contributed by atoms with Crippen LogP contribution in [0.25, 0.3) is 0 Å². The molecule has 0 aliphatic carbocycles. The van der Waals surface area contributed by atoms with Gasteiger partial charge >= 0.3 is 12.3 Å². The van der Waals surface area contributed by atoms with E-state index in [1.54, 1.807) is 6.92 Å². The SMILES string of the molecule is CCOC(=O)N[C@@H](c1ccc(CF)cc1)c1ncccc1C(F)(F)F. The number of hydrogen-bond donors (Lipinski definition) is 1. The van der Waals surface area contributed by atoms with Gasteiger partial charge in [0.15, 0.2) is 0 Å². The summed E-state index contributed by atoms with van der Waals surface area (Å²) < 4.78 is 57.3. The number of nitrogens with zero attached hydrogens (tertiary/aromatic N) is 1. The number of rotatable bonds is 5. The average Bonchev–Trinajstić information content (AvgIpc) is 2.59. The molecule has 8 heteroatoms. The molecule has 0 fully saturated rings. The van der Waals surface area contributed by atoms with Crippen molar-refractivity contribution in [2.24, 2.45) is 0 Å². The van der Waals surface area contributed by atoms with Crippen molar-refractivity contribution in [1.29, 1.82) is 0 Å². The topological polar surface area (TPSA) is 51.2 Å². The molecule has 1 N–H and O–H groups in total. The quantitative estimate of drug-likeness (QED) is 0.808. The van der Waals surface area contributed by atoms with Gasteiger partial charge in [-0.25, -0.2) is 9.18 Å². The van der Waals surface area contributed by atoms with Crippen molar-refractivity contribution < 1.29 is 27.1 Å².